The second-order valence-electron chi connectivity index (χ2n) is 11.9. The summed E-state index contributed by atoms with van der Waals surface area (Å²) in [5.41, 5.74) is 3.77. The van der Waals surface area contributed by atoms with E-state index in [-0.39, 0.29) is 50.2 Å². The average molecular weight is 622 g/mol. The lowest BCUT2D eigenvalue weighted by Crippen LogP contribution is -2.53. The van der Waals surface area contributed by atoms with Gasteiger partial charge in [-0.3, -0.25) is 13.9 Å². The Morgan fingerprint density at radius 3 is 2.27 bits per heavy atom. The molecule has 3 aromatic carbocycles. The Labute approximate surface area is 261 Å². The summed E-state index contributed by atoms with van der Waals surface area (Å²) < 4.78 is 41.7. The Balaban J connectivity index is 1.60. The summed E-state index contributed by atoms with van der Waals surface area (Å²) in [6, 6.07) is 20.4. The van der Waals surface area contributed by atoms with Gasteiger partial charge in [-0.15, -0.1) is 0 Å². The van der Waals surface area contributed by atoms with Gasteiger partial charge < -0.3 is 10.2 Å². The lowest BCUT2D eigenvalue weighted by molar-refractivity contribution is -0.141. The summed E-state index contributed by atoms with van der Waals surface area (Å²) >= 11 is 0. The SMILES string of the molecule is Cc1ccc(N(CCCC(=O)N(Cc2ccccc2F)[C@@H](Cc2ccccc2)C(=O)NC2CCCCC2)S(C)(=O)=O)cc1C. The minimum absolute atomic E-state index is 0.00663. The van der Waals surface area contributed by atoms with Crippen molar-refractivity contribution in [1.82, 2.24) is 10.2 Å². The Hall–Kier alpha value is -3.72. The molecule has 1 saturated carbocycles. The number of hydrogen-bond donors (Lipinski definition) is 1. The van der Waals surface area contributed by atoms with Crippen molar-refractivity contribution in [3.8, 4) is 0 Å². The number of nitrogens with one attached hydrogen (secondary N) is 1. The van der Waals surface area contributed by atoms with Gasteiger partial charge in [-0.25, -0.2) is 12.8 Å². The number of benzene rings is 3. The predicted molar refractivity (Wildman–Crippen MR) is 173 cm³/mol. The number of amides is 2. The minimum Gasteiger partial charge on any atom is -0.352 e. The maximum Gasteiger partial charge on any atom is 0.243 e. The number of hydrogen-bond acceptors (Lipinski definition) is 4. The van der Waals surface area contributed by atoms with Gasteiger partial charge in [0.05, 0.1) is 11.9 Å². The Morgan fingerprint density at radius 1 is 0.932 bits per heavy atom. The third-order valence-electron chi connectivity index (χ3n) is 8.45. The van der Waals surface area contributed by atoms with E-state index in [2.05, 4.69) is 5.32 Å². The number of sulfonamides is 1. The van der Waals surface area contributed by atoms with Crippen molar-refractivity contribution in [1.29, 1.82) is 0 Å². The van der Waals surface area contributed by atoms with Crippen LogP contribution in [0.2, 0.25) is 0 Å². The lowest BCUT2D eigenvalue weighted by Gasteiger charge is -2.34. The molecule has 1 aliphatic carbocycles. The van der Waals surface area contributed by atoms with Crippen LogP contribution in [0.1, 0.15) is 67.2 Å². The second-order valence-corrected chi connectivity index (χ2v) is 13.8. The summed E-state index contributed by atoms with van der Waals surface area (Å²) in [4.78, 5) is 29.4. The van der Waals surface area contributed by atoms with Crippen LogP contribution in [0, 0.1) is 19.7 Å². The van der Waals surface area contributed by atoms with Crippen LogP contribution in [0.3, 0.4) is 0 Å². The zero-order valence-corrected chi connectivity index (χ0v) is 26.8. The molecule has 9 heteroatoms. The number of halogens is 1. The minimum atomic E-state index is -3.61. The number of nitrogens with zero attached hydrogens (tertiary/aromatic N) is 2. The molecule has 236 valence electrons. The van der Waals surface area contributed by atoms with E-state index in [1.165, 1.54) is 15.3 Å². The first-order valence-corrected chi connectivity index (χ1v) is 17.3. The fourth-order valence-corrected chi connectivity index (χ4v) is 6.75. The highest BCUT2D eigenvalue weighted by molar-refractivity contribution is 7.92. The normalized spacial score (nSPS) is 14.5. The highest BCUT2D eigenvalue weighted by Gasteiger charge is 2.32. The van der Waals surface area contributed by atoms with E-state index in [9.17, 15) is 22.4 Å². The Kier molecular flexibility index (Phi) is 11.6. The first-order valence-electron chi connectivity index (χ1n) is 15.4. The molecule has 0 radical (unpaired) electrons. The van der Waals surface area contributed by atoms with E-state index in [1.807, 2.05) is 56.3 Å². The van der Waals surface area contributed by atoms with Gasteiger partial charge in [0.2, 0.25) is 21.8 Å². The van der Waals surface area contributed by atoms with E-state index in [1.54, 1.807) is 24.3 Å². The standard InChI is InChI=1S/C35H44FN3O4S/c1-26-20-21-31(23-27(26)2)39(44(3,42)43)22-12-19-34(40)38(25-29-15-10-11-18-32(29)36)33(24-28-13-6-4-7-14-28)35(41)37-30-16-8-5-9-17-30/h4,6-7,10-11,13-15,18,20-21,23,30,33H,5,8-9,12,16-17,19,22,24-25H2,1-3H3,(H,37,41)/t33-/m0/s1. The van der Waals surface area contributed by atoms with Crippen molar-refractivity contribution < 1.29 is 22.4 Å². The van der Waals surface area contributed by atoms with Gasteiger partial charge in [-0.05, 0) is 68.0 Å². The number of rotatable bonds is 13. The van der Waals surface area contributed by atoms with Crippen LogP contribution in [0.25, 0.3) is 0 Å². The number of carbonyl (C=O) groups excluding carboxylic acids is 2. The molecular weight excluding hydrogens is 577 g/mol. The summed E-state index contributed by atoms with van der Waals surface area (Å²) in [6.45, 7) is 3.91. The van der Waals surface area contributed by atoms with E-state index in [0.717, 1.165) is 55.1 Å². The molecule has 1 N–H and O–H groups in total. The van der Waals surface area contributed by atoms with E-state index in [4.69, 9.17) is 0 Å². The summed E-state index contributed by atoms with van der Waals surface area (Å²) in [5, 5.41) is 3.19. The zero-order chi connectivity index (χ0) is 31.7. The number of anilines is 1. The molecule has 0 aliphatic heterocycles. The highest BCUT2D eigenvalue weighted by Crippen LogP contribution is 2.24. The molecule has 2 amide bonds. The van der Waals surface area contributed by atoms with Gasteiger partial charge in [0, 0.05) is 37.5 Å². The zero-order valence-electron chi connectivity index (χ0n) is 26.0. The molecule has 3 aromatic rings. The molecule has 0 saturated heterocycles. The van der Waals surface area contributed by atoms with Crippen molar-refractivity contribution in [3.63, 3.8) is 0 Å². The summed E-state index contributed by atoms with van der Waals surface area (Å²) in [6.07, 6.45) is 6.67. The van der Waals surface area contributed by atoms with Crippen LogP contribution >= 0.6 is 0 Å². The van der Waals surface area contributed by atoms with Gasteiger partial charge in [0.1, 0.15) is 11.9 Å². The van der Waals surface area contributed by atoms with Gasteiger partial charge in [-0.1, -0.05) is 73.9 Å². The average Bonchev–Trinajstić information content (AvgIpc) is 3.00. The van der Waals surface area contributed by atoms with Crippen LogP contribution in [-0.4, -0.2) is 50.0 Å². The van der Waals surface area contributed by atoms with Crippen LogP contribution in [-0.2, 0) is 32.6 Å². The van der Waals surface area contributed by atoms with Crippen molar-refractivity contribution in [2.24, 2.45) is 0 Å². The van der Waals surface area contributed by atoms with Gasteiger partial charge >= 0.3 is 0 Å². The Morgan fingerprint density at radius 2 is 1.61 bits per heavy atom. The summed E-state index contributed by atoms with van der Waals surface area (Å²) in [5.74, 6) is -1.03. The molecule has 1 aliphatic rings. The molecule has 4 rings (SSSR count). The second kappa shape index (κ2) is 15.3. The fraction of sp³-hybridized carbons (Fsp3) is 0.429. The largest absolute Gasteiger partial charge is 0.352 e. The molecule has 44 heavy (non-hydrogen) atoms. The number of carbonyl (C=O) groups is 2. The predicted octanol–water partition coefficient (Wildman–Crippen LogP) is 6.08. The molecule has 0 bridgehead atoms. The molecule has 0 aromatic heterocycles. The van der Waals surface area contributed by atoms with Crippen molar-refractivity contribution >= 4 is 27.5 Å². The maximum absolute atomic E-state index is 14.9. The van der Waals surface area contributed by atoms with Crippen LogP contribution in [0.15, 0.2) is 72.8 Å². The fourth-order valence-electron chi connectivity index (χ4n) is 5.79. The molecule has 0 unspecified atom stereocenters. The van der Waals surface area contributed by atoms with E-state index in [0.29, 0.717) is 11.3 Å². The highest BCUT2D eigenvalue weighted by atomic mass is 32.2. The maximum atomic E-state index is 14.9. The van der Waals surface area contributed by atoms with E-state index >= 15 is 0 Å². The molecule has 0 spiro atoms. The molecule has 1 fully saturated rings. The third-order valence-corrected chi connectivity index (χ3v) is 9.65. The van der Waals surface area contributed by atoms with Crippen LogP contribution in [0.4, 0.5) is 10.1 Å². The van der Waals surface area contributed by atoms with Crippen molar-refractivity contribution in [3.05, 3.63) is 101 Å². The number of aryl methyl sites for hydroxylation is 2. The van der Waals surface area contributed by atoms with Crippen LogP contribution in [0.5, 0.6) is 0 Å². The van der Waals surface area contributed by atoms with Crippen LogP contribution < -0.4 is 9.62 Å². The first-order chi connectivity index (χ1) is 21.0. The van der Waals surface area contributed by atoms with Gasteiger partial charge in [0.15, 0.2) is 0 Å². The summed E-state index contributed by atoms with van der Waals surface area (Å²) in [7, 11) is -3.61. The topological polar surface area (TPSA) is 86.8 Å². The van der Waals surface area contributed by atoms with Gasteiger partial charge in [0.25, 0.3) is 0 Å². The molecule has 1 atom stereocenters. The smallest absolute Gasteiger partial charge is 0.243 e. The first kappa shape index (κ1) is 33.2. The van der Waals surface area contributed by atoms with E-state index < -0.39 is 21.9 Å². The molecular formula is C35H44FN3O4S. The lowest BCUT2D eigenvalue weighted by atomic mass is 9.94. The van der Waals surface area contributed by atoms with Gasteiger partial charge in [-0.2, -0.15) is 0 Å². The monoisotopic (exact) mass is 621 g/mol. The van der Waals surface area contributed by atoms with Crippen molar-refractivity contribution in [2.75, 3.05) is 17.1 Å². The molecule has 0 heterocycles. The van der Waals surface area contributed by atoms with Crippen molar-refractivity contribution in [2.45, 2.75) is 83.8 Å². The third kappa shape index (κ3) is 9.14. The quantitative estimate of drug-likeness (QED) is 0.251. The molecule has 7 nitrogen and oxygen atoms in total. The Bertz CT molecular complexity index is 1520.